The molecule has 0 aliphatic carbocycles. The summed E-state index contributed by atoms with van der Waals surface area (Å²) in [6, 6.07) is 7.58. The number of rotatable bonds is 4. The summed E-state index contributed by atoms with van der Waals surface area (Å²) in [5.74, 6) is 2.34. The van der Waals surface area contributed by atoms with Crippen molar-refractivity contribution in [2.45, 2.75) is 52.6 Å². The SMILES string of the molecule is CC1CCN(Cc2c(O)ccc3c(CN4CCC(C)CC4)c(O)ccc23)CC1.Cl. The Kier molecular flexibility index (Phi) is 7.31. The van der Waals surface area contributed by atoms with Crippen LogP contribution >= 0.6 is 12.4 Å². The van der Waals surface area contributed by atoms with Crippen molar-refractivity contribution in [1.82, 2.24) is 9.80 Å². The van der Waals surface area contributed by atoms with Crippen molar-refractivity contribution >= 4 is 23.2 Å². The van der Waals surface area contributed by atoms with Crippen molar-refractivity contribution in [1.29, 1.82) is 0 Å². The van der Waals surface area contributed by atoms with Crippen LogP contribution in [0.2, 0.25) is 0 Å². The standard InChI is InChI=1S/C24H34N2O2.ClH/c1-17-7-11-25(12-8-17)15-21-19-3-6-24(28)22(20(19)4-5-23(21)27)16-26-13-9-18(2)10-14-26;/h3-6,17-18,27-28H,7-16H2,1-2H3;1H. The molecule has 0 aromatic heterocycles. The monoisotopic (exact) mass is 418 g/mol. The molecule has 2 aromatic carbocycles. The van der Waals surface area contributed by atoms with E-state index in [0.29, 0.717) is 11.5 Å². The van der Waals surface area contributed by atoms with Crippen molar-refractivity contribution in [3.8, 4) is 11.5 Å². The summed E-state index contributed by atoms with van der Waals surface area (Å²) < 4.78 is 0. The van der Waals surface area contributed by atoms with Crippen molar-refractivity contribution in [3.63, 3.8) is 0 Å². The number of hydrogen-bond donors (Lipinski definition) is 2. The lowest BCUT2D eigenvalue weighted by atomic mass is 9.94. The Morgan fingerprint density at radius 1 is 0.690 bits per heavy atom. The maximum atomic E-state index is 10.6. The zero-order chi connectivity index (χ0) is 19.7. The molecule has 0 unspecified atom stereocenters. The van der Waals surface area contributed by atoms with E-state index in [1.165, 1.54) is 25.7 Å². The number of benzene rings is 2. The molecular weight excluding hydrogens is 384 g/mol. The summed E-state index contributed by atoms with van der Waals surface area (Å²) in [5.41, 5.74) is 2.00. The van der Waals surface area contributed by atoms with Crippen LogP contribution in [0.15, 0.2) is 24.3 Å². The van der Waals surface area contributed by atoms with Crippen LogP contribution in [0.25, 0.3) is 10.8 Å². The minimum absolute atomic E-state index is 0. The van der Waals surface area contributed by atoms with Gasteiger partial charge in [0, 0.05) is 24.2 Å². The molecule has 2 aromatic rings. The summed E-state index contributed by atoms with van der Waals surface area (Å²) in [4.78, 5) is 4.90. The summed E-state index contributed by atoms with van der Waals surface area (Å²) in [6.45, 7) is 10.6. The second kappa shape index (κ2) is 9.55. The predicted octanol–water partition coefficient (Wildman–Crippen LogP) is 5.14. The van der Waals surface area contributed by atoms with E-state index in [2.05, 4.69) is 23.6 Å². The minimum atomic E-state index is 0. The first-order chi connectivity index (χ1) is 13.5. The second-order valence-electron chi connectivity index (χ2n) is 9.14. The van der Waals surface area contributed by atoms with Gasteiger partial charge >= 0.3 is 0 Å². The number of piperidine rings is 2. The summed E-state index contributed by atoms with van der Waals surface area (Å²) in [5, 5.41) is 23.4. The van der Waals surface area contributed by atoms with Crippen molar-refractivity contribution in [2.24, 2.45) is 11.8 Å². The summed E-state index contributed by atoms with van der Waals surface area (Å²) in [6.07, 6.45) is 4.91. The first-order valence-electron chi connectivity index (χ1n) is 10.9. The van der Waals surface area contributed by atoms with E-state index < -0.39 is 0 Å². The van der Waals surface area contributed by atoms with Crippen molar-refractivity contribution in [3.05, 3.63) is 35.4 Å². The highest BCUT2D eigenvalue weighted by atomic mass is 35.5. The Morgan fingerprint density at radius 3 is 1.38 bits per heavy atom. The molecule has 0 atom stereocenters. The highest BCUT2D eigenvalue weighted by Gasteiger charge is 2.21. The largest absolute Gasteiger partial charge is 0.508 e. The average Bonchev–Trinajstić information content (AvgIpc) is 2.69. The fourth-order valence-electron chi connectivity index (χ4n) is 4.73. The Bertz CT molecular complexity index is 756. The number of halogens is 1. The normalized spacial score (nSPS) is 20.1. The molecule has 0 radical (unpaired) electrons. The number of likely N-dealkylation sites (tertiary alicyclic amines) is 2. The number of phenolic OH excluding ortho intramolecular Hbond substituents is 2. The highest BCUT2D eigenvalue weighted by Crippen LogP contribution is 2.36. The van der Waals surface area contributed by atoms with Crippen LogP contribution < -0.4 is 0 Å². The zero-order valence-electron chi connectivity index (χ0n) is 17.7. The van der Waals surface area contributed by atoms with Gasteiger partial charge in [0.25, 0.3) is 0 Å². The smallest absolute Gasteiger partial charge is 0.120 e. The summed E-state index contributed by atoms with van der Waals surface area (Å²) in [7, 11) is 0. The van der Waals surface area contributed by atoms with Crippen LogP contribution in [0, 0.1) is 11.8 Å². The van der Waals surface area contributed by atoms with Crippen molar-refractivity contribution in [2.75, 3.05) is 26.2 Å². The molecule has 2 aliphatic heterocycles. The van der Waals surface area contributed by atoms with Gasteiger partial charge in [0.05, 0.1) is 0 Å². The Hall–Kier alpha value is -1.49. The van der Waals surface area contributed by atoms with Gasteiger partial charge in [-0.2, -0.15) is 0 Å². The van der Waals surface area contributed by atoms with Gasteiger partial charge < -0.3 is 10.2 Å². The van der Waals surface area contributed by atoms with Gasteiger partial charge in [0.2, 0.25) is 0 Å². The zero-order valence-corrected chi connectivity index (χ0v) is 18.5. The molecule has 4 rings (SSSR count). The lowest BCUT2D eigenvalue weighted by molar-refractivity contribution is 0.184. The van der Waals surface area contributed by atoms with E-state index in [1.807, 2.05) is 24.3 Å². The molecule has 5 heteroatoms. The third-order valence-electron chi connectivity index (χ3n) is 6.89. The van der Waals surface area contributed by atoms with Crippen molar-refractivity contribution < 1.29 is 10.2 Å². The maximum absolute atomic E-state index is 10.6. The molecular formula is C24H35ClN2O2. The van der Waals surface area contributed by atoms with E-state index in [4.69, 9.17) is 0 Å². The quantitative estimate of drug-likeness (QED) is 0.721. The minimum Gasteiger partial charge on any atom is -0.508 e. The summed E-state index contributed by atoms with van der Waals surface area (Å²) >= 11 is 0. The topological polar surface area (TPSA) is 46.9 Å². The molecule has 2 fully saturated rings. The van der Waals surface area contributed by atoms with Gasteiger partial charge in [-0.1, -0.05) is 26.0 Å². The Balaban J connectivity index is 0.00000240. The van der Waals surface area contributed by atoms with E-state index in [-0.39, 0.29) is 12.4 Å². The fourth-order valence-corrected chi connectivity index (χ4v) is 4.73. The molecule has 4 nitrogen and oxygen atoms in total. The van der Waals surface area contributed by atoms with Crippen LogP contribution in [-0.2, 0) is 13.1 Å². The lowest BCUT2D eigenvalue weighted by Crippen LogP contribution is -2.32. The van der Waals surface area contributed by atoms with E-state index in [0.717, 1.165) is 73.0 Å². The van der Waals surface area contributed by atoms with Gasteiger partial charge in [-0.3, -0.25) is 9.80 Å². The number of aromatic hydroxyl groups is 2. The molecule has 160 valence electrons. The lowest BCUT2D eigenvalue weighted by Gasteiger charge is -2.31. The van der Waals surface area contributed by atoms with Gasteiger partial charge in [-0.25, -0.2) is 0 Å². The molecule has 2 aliphatic rings. The van der Waals surface area contributed by atoms with Crippen LogP contribution in [0.3, 0.4) is 0 Å². The predicted molar refractivity (Wildman–Crippen MR) is 122 cm³/mol. The highest BCUT2D eigenvalue weighted by molar-refractivity contribution is 5.92. The Labute approximate surface area is 180 Å². The van der Waals surface area contributed by atoms with Crippen LogP contribution in [0.4, 0.5) is 0 Å². The number of phenols is 2. The molecule has 2 saturated heterocycles. The van der Waals surface area contributed by atoms with Gasteiger partial charge in [-0.05, 0) is 86.6 Å². The number of nitrogens with zero attached hydrogens (tertiary/aromatic N) is 2. The van der Waals surface area contributed by atoms with Gasteiger partial charge in [0.1, 0.15) is 11.5 Å². The molecule has 29 heavy (non-hydrogen) atoms. The number of hydrogen-bond acceptors (Lipinski definition) is 4. The molecule has 0 saturated carbocycles. The number of fused-ring (bicyclic) bond motifs is 1. The molecule has 0 amide bonds. The fraction of sp³-hybridized carbons (Fsp3) is 0.583. The molecule has 0 spiro atoms. The van der Waals surface area contributed by atoms with Gasteiger partial charge in [0.15, 0.2) is 0 Å². The van der Waals surface area contributed by atoms with E-state index in [9.17, 15) is 10.2 Å². The molecule has 0 bridgehead atoms. The maximum Gasteiger partial charge on any atom is 0.120 e. The average molecular weight is 419 g/mol. The first kappa shape index (κ1) is 22.2. The first-order valence-corrected chi connectivity index (χ1v) is 10.9. The van der Waals surface area contributed by atoms with Crippen LogP contribution in [-0.4, -0.2) is 46.2 Å². The molecule has 2 heterocycles. The molecule has 2 N–H and O–H groups in total. The second-order valence-corrected chi connectivity index (χ2v) is 9.14. The van der Waals surface area contributed by atoms with E-state index >= 15 is 0 Å². The van der Waals surface area contributed by atoms with E-state index in [1.54, 1.807) is 0 Å². The third kappa shape index (κ3) is 4.99. The van der Waals surface area contributed by atoms with Gasteiger partial charge in [-0.15, -0.1) is 12.4 Å². The third-order valence-corrected chi connectivity index (χ3v) is 6.89. The Morgan fingerprint density at radius 2 is 1.03 bits per heavy atom. The van der Waals surface area contributed by atoms with Crippen LogP contribution in [0.1, 0.15) is 50.7 Å². The van der Waals surface area contributed by atoms with Crippen LogP contribution in [0.5, 0.6) is 11.5 Å².